The van der Waals surface area contributed by atoms with Gasteiger partial charge in [-0.25, -0.2) is 23.6 Å². The first-order valence-electron chi connectivity index (χ1n) is 10.7. The van der Waals surface area contributed by atoms with Crippen molar-refractivity contribution in [2.75, 3.05) is 24.3 Å². The van der Waals surface area contributed by atoms with Gasteiger partial charge in [-0.3, -0.25) is 4.57 Å². The van der Waals surface area contributed by atoms with Gasteiger partial charge >= 0.3 is 24.1 Å². The van der Waals surface area contributed by atoms with Crippen LogP contribution in [0.2, 0.25) is 0 Å². The Hall–Kier alpha value is -4.13. The number of amides is 5. The van der Waals surface area contributed by atoms with E-state index in [2.05, 4.69) is 31.9 Å². The Bertz CT molecular complexity index is 1360. The van der Waals surface area contributed by atoms with Crippen molar-refractivity contribution in [2.45, 2.75) is 18.8 Å². The van der Waals surface area contributed by atoms with E-state index >= 15 is 0 Å². The number of ether oxygens (including phenoxy) is 1. The topological polar surface area (TPSA) is 148 Å². The number of rotatable bonds is 4. The normalized spacial score (nSPS) is 17.0. The highest BCUT2D eigenvalue weighted by molar-refractivity contribution is 9.10. The minimum Gasteiger partial charge on any atom is -0.465 e. The number of esters is 1. The van der Waals surface area contributed by atoms with E-state index in [0.717, 1.165) is 4.90 Å². The first-order chi connectivity index (χ1) is 17.2. The van der Waals surface area contributed by atoms with Gasteiger partial charge < -0.3 is 31.3 Å². The Morgan fingerprint density at radius 3 is 2.61 bits per heavy atom. The largest absolute Gasteiger partial charge is 0.465 e. The molecule has 0 bridgehead atoms. The second-order valence-corrected chi connectivity index (χ2v) is 8.93. The van der Waals surface area contributed by atoms with Crippen molar-refractivity contribution in [2.24, 2.45) is 5.73 Å². The summed E-state index contributed by atoms with van der Waals surface area (Å²) in [6, 6.07) is 9.26. The number of nitrogens with zero attached hydrogens (tertiary/aromatic N) is 2. The molecule has 5 N–H and O–H groups in total. The highest BCUT2D eigenvalue weighted by atomic mass is 79.9. The third kappa shape index (κ3) is 5.25. The van der Waals surface area contributed by atoms with Crippen molar-refractivity contribution in [1.82, 2.24) is 14.8 Å². The van der Waals surface area contributed by atoms with Crippen LogP contribution in [-0.2, 0) is 4.74 Å². The third-order valence-electron chi connectivity index (χ3n) is 5.58. The average molecular weight is 561 g/mol. The van der Waals surface area contributed by atoms with Gasteiger partial charge in [0.05, 0.1) is 30.4 Å². The molecule has 3 aromatic rings. The molecule has 5 amide bonds. The zero-order valence-electron chi connectivity index (χ0n) is 19.0. The lowest BCUT2D eigenvalue weighted by Crippen LogP contribution is -2.49. The molecular formula is C23H22BrFN6O5. The van der Waals surface area contributed by atoms with E-state index in [1.165, 1.54) is 30.0 Å². The molecule has 1 aliphatic rings. The number of para-hydroxylation sites is 1. The van der Waals surface area contributed by atoms with Crippen LogP contribution < -0.4 is 21.7 Å². The van der Waals surface area contributed by atoms with Crippen LogP contribution >= 0.6 is 15.9 Å². The quantitative estimate of drug-likeness (QED) is 0.358. The van der Waals surface area contributed by atoms with Crippen molar-refractivity contribution in [1.29, 1.82) is 0 Å². The van der Waals surface area contributed by atoms with E-state index in [-0.39, 0.29) is 24.2 Å². The molecule has 0 spiro atoms. The van der Waals surface area contributed by atoms with Crippen LogP contribution in [0.1, 0.15) is 16.8 Å². The summed E-state index contributed by atoms with van der Waals surface area (Å²) >= 11 is 3.26. The molecule has 1 saturated heterocycles. The second-order valence-electron chi connectivity index (χ2n) is 8.02. The number of anilines is 2. The lowest BCUT2D eigenvalue weighted by atomic mass is 10.2. The molecule has 0 saturated carbocycles. The number of hydrogen-bond donors (Lipinski definition) is 4. The van der Waals surface area contributed by atoms with Crippen molar-refractivity contribution >= 4 is 62.3 Å². The molecule has 4 rings (SSSR count). The monoisotopic (exact) mass is 560 g/mol. The third-order valence-corrected chi connectivity index (χ3v) is 6.03. The summed E-state index contributed by atoms with van der Waals surface area (Å²) < 4.78 is 20.7. The van der Waals surface area contributed by atoms with E-state index in [4.69, 9.17) is 10.5 Å². The molecule has 2 atom stereocenters. The van der Waals surface area contributed by atoms with Gasteiger partial charge in [-0.15, -0.1) is 0 Å². The molecule has 0 radical (unpaired) electrons. The minimum atomic E-state index is -1.36. The molecule has 1 aliphatic heterocycles. The van der Waals surface area contributed by atoms with Gasteiger partial charge in [0.25, 0.3) is 0 Å². The molecule has 13 heteroatoms. The first kappa shape index (κ1) is 25.0. The van der Waals surface area contributed by atoms with Gasteiger partial charge in [-0.2, -0.15) is 0 Å². The zero-order chi connectivity index (χ0) is 26.0. The van der Waals surface area contributed by atoms with E-state index in [1.807, 2.05) is 0 Å². The Morgan fingerprint density at radius 2 is 1.89 bits per heavy atom. The second kappa shape index (κ2) is 10.2. The van der Waals surface area contributed by atoms with Crippen LogP contribution in [0.3, 0.4) is 0 Å². The first-order valence-corrected chi connectivity index (χ1v) is 11.5. The SMILES string of the molecule is COC(=O)c1cc(Br)cc(NC(=O)N[C@@H]2C[C@@H](F)CN2C(=O)Nc2cn(C(N)=O)c3ccccc23)c1. The Balaban J connectivity index is 1.48. The molecule has 11 nitrogen and oxygen atoms in total. The zero-order valence-corrected chi connectivity index (χ0v) is 20.5. The number of primary amides is 1. The number of likely N-dealkylation sites (tertiary alicyclic amines) is 1. The molecule has 0 unspecified atom stereocenters. The number of aromatic nitrogens is 1. The van der Waals surface area contributed by atoms with Crippen molar-refractivity contribution in [3.05, 3.63) is 58.7 Å². The van der Waals surface area contributed by atoms with Crippen molar-refractivity contribution in [3.63, 3.8) is 0 Å². The Labute approximate surface area is 212 Å². The lowest BCUT2D eigenvalue weighted by Gasteiger charge is -2.25. The number of hydrogen-bond acceptors (Lipinski definition) is 5. The Morgan fingerprint density at radius 1 is 1.14 bits per heavy atom. The number of urea groups is 2. The number of carbonyl (C=O) groups excluding carboxylic acids is 4. The van der Waals surface area contributed by atoms with E-state index in [9.17, 15) is 23.6 Å². The molecule has 0 aliphatic carbocycles. The van der Waals surface area contributed by atoms with Gasteiger partial charge in [-0.05, 0) is 24.3 Å². The smallest absolute Gasteiger partial charge is 0.337 e. The number of carbonyl (C=O) groups is 4. The summed E-state index contributed by atoms with van der Waals surface area (Å²) in [5.74, 6) is -0.587. The van der Waals surface area contributed by atoms with Crippen LogP contribution in [0.25, 0.3) is 10.9 Å². The summed E-state index contributed by atoms with van der Waals surface area (Å²) in [6.45, 7) is -0.241. The maximum absolute atomic E-state index is 14.3. The van der Waals surface area contributed by atoms with E-state index in [1.54, 1.807) is 30.3 Å². The average Bonchev–Trinajstić information content (AvgIpc) is 3.38. The van der Waals surface area contributed by atoms with Crippen LogP contribution in [0.5, 0.6) is 0 Å². The molecule has 2 aromatic carbocycles. The summed E-state index contributed by atoms with van der Waals surface area (Å²) in [5, 5.41) is 8.39. The lowest BCUT2D eigenvalue weighted by molar-refractivity contribution is 0.0600. The number of halogens is 2. The number of alkyl halides is 1. The number of benzene rings is 2. The van der Waals surface area contributed by atoms with Gasteiger partial charge in [0.2, 0.25) is 0 Å². The van der Waals surface area contributed by atoms with Gasteiger partial charge in [-0.1, -0.05) is 34.1 Å². The molecule has 1 fully saturated rings. The number of methoxy groups -OCH3 is 1. The fourth-order valence-electron chi connectivity index (χ4n) is 4.01. The fourth-order valence-corrected chi connectivity index (χ4v) is 4.50. The molecule has 2 heterocycles. The molecule has 36 heavy (non-hydrogen) atoms. The van der Waals surface area contributed by atoms with Crippen LogP contribution in [-0.4, -0.2) is 59.5 Å². The summed E-state index contributed by atoms with van der Waals surface area (Å²) in [4.78, 5) is 50.4. The minimum absolute atomic E-state index is 0.115. The van der Waals surface area contributed by atoms with Crippen LogP contribution in [0.15, 0.2) is 53.1 Å². The van der Waals surface area contributed by atoms with Crippen molar-refractivity contribution in [3.8, 4) is 0 Å². The Kier molecular flexibility index (Phi) is 7.10. The van der Waals surface area contributed by atoms with Crippen LogP contribution in [0.4, 0.5) is 30.1 Å². The maximum atomic E-state index is 14.3. The van der Waals surface area contributed by atoms with E-state index in [0.29, 0.717) is 21.1 Å². The fraction of sp³-hybridized carbons (Fsp3) is 0.217. The maximum Gasteiger partial charge on any atom is 0.337 e. The van der Waals surface area contributed by atoms with Crippen molar-refractivity contribution < 1.29 is 28.3 Å². The highest BCUT2D eigenvalue weighted by Crippen LogP contribution is 2.27. The van der Waals surface area contributed by atoms with Gasteiger partial charge in [0.15, 0.2) is 0 Å². The number of fused-ring (bicyclic) bond motifs is 1. The number of nitrogens with one attached hydrogen (secondary N) is 3. The predicted octanol–water partition coefficient (Wildman–Crippen LogP) is 3.84. The van der Waals surface area contributed by atoms with Crippen LogP contribution in [0, 0.1) is 0 Å². The van der Waals surface area contributed by atoms with E-state index < -0.39 is 36.4 Å². The number of nitrogens with two attached hydrogens (primary N) is 1. The molecule has 1 aromatic heterocycles. The van der Waals surface area contributed by atoms with Gasteiger partial charge in [0, 0.05) is 28.2 Å². The van der Waals surface area contributed by atoms with Gasteiger partial charge in [0.1, 0.15) is 12.3 Å². The standard InChI is InChI=1S/C23H22BrFN6O5/c1-36-20(32)12-6-13(24)8-15(7-12)27-22(34)29-19-9-14(25)10-31(19)23(35)28-17-11-30(21(26)33)18-5-3-2-4-16(17)18/h2-8,11,14,19H,9-10H2,1H3,(H2,26,33)(H,28,35)(H2,27,29,34)/t14-,19+/m1/s1. The summed E-state index contributed by atoms with van der Waals surface area (Å²) in [7, 11) is 1.24. The summed E-state index contributed by atoms with van der Waals surface area (Å²) in [6.07, 6.45) is -1.04. The molecule has 188 valence electrons. The molecular weight excluding hydrogens is 539 g/mol. The predicted molar refractivity (Wildman–Crippen MR) is 134 cm³/mol. The highest BCUT2D eigenvalue weighted by Gasteiger charge is 2.37. The summed E-state index contributed by atoms with van der Waals surface area (Å²) in [5.41, 5.74) is 6.72.